The number of aryl methyl sites for hydroxylation is 1. The Morgan fingerprint density at radius 3 is 2.24 bits per heavy atom. The van der Waals surface area contributed by atoms with E-state index in [1.807, 2.05) is 61.5 Å². The Labute approximate surface area is 195 Å². The summed E-state index contributed by atoms with van der Waals surface area (Å²) in [5.41, 5.74) is 1.96. The summed E-state index contributed by atoms with van der Waals surface area (Å²) in [5.74, 6) is -0.753. The van der Waals surface area contributed by atoms with Crippen molar-refractivity contribution >= 4 is 17.9 Å². The minimum Gasteiger partial charge on any atom is -0.444 e. The number of hydrogen-bond acceptors (Lipinski definition) is 4. The lowest BCUT2D eigenvalue weighted by Gasteiger charge is -2.31. The van der Waals surface area contributed by atoms with Gasteiger partial charge in [0.25, 0.3) is 0 Å². The Kier molecular flexibility index (Phi) is 9.21. The Balaban J connectivity index is 2.23. The van der Waals surface area contributed by atoms with Crippen LogP contribution in [0.2, 0.25) is 0 Å². The molecule has 2 rings (SSSR count). The molecule has 0 radical (unpaired) electrons. The highest BCUT2D eigenvalue weighted by Gasteiger charge is 2.31. The zero-order valence-electron chi connectivity index (χ0n) is 19.8. The molecule has 1 unspecified atom stereocenters. The first-order valence-corrected chi connectivity index (χ1v) is 10.9. The van der Waals surface area contributed by atoms with Crippen LogP contribution in [0.3, 0.4) is 0 Å². The summed E-state index contributed by atoms with van der Waals surface area (Å²) in [6, 6.07) is 16.1. The first-order valence-electron chi connectivity index (χ1n) is 10.9. The number of benzene rings is 2. The normalized spacial score (nSPS) is 11.8. The zero-order valence-corrected chi connectivity index (χ0v) is 19.8. The maximum atomic E-state index is 13.3. The second-order valence-corrected chi connectivity index (χ2v) is 8.71. The summed E-state index contributed by atoms with van der Waals surface area (Å²) in [6.07, 6.45) is 0.853. The van der Waals surface area contributed by atoms with Crippen LogP contribution in [0.4, 0.5) is 4.79 Å². The topological polar surface area (TPSA) is 87.7 Å². The van der Waals surface area contributed by atoms with E-state index in [1.165, 1.54) is 4.90 Å². The Morgan fingerprint density at radius 2 is 1.67 bits per heavy atom. The first kappa shape index (κ1) is 25.6. The molecule has 0 fully saturated rings. The van der Waals surface area contributed by atoms with Gasteiger partial charge in [-0.2, -0.15) is 0 Å². The van der Waals surface area contributed by atoms with E-state index in [-0.39, 0.29) is 19.0 Å². The number of alkyl carbamates (subject to hydrolysis) is 1. The molecule has 7 nitrogen and oxygen atoms in total. The minimum absolute atomic E-state index is 0.131. The lowest BCUT2D eigenvalue weighted by molar-refractivity contribution is -0.139. The molecule has 3 amide bonds. The third kappa shape index (κ3) is 8.44. The Morgan fingerprint density at radius 1 is 1.03 bits per heavy atom. The molecule has 0 spiro atoms. The van der Waals surface area contributed by atoms with Crippen molar-refractivity contribution in [1.82, 2.24) is 15.5 Å². The van der Waals surface area contributed by atoms with E-state index in [0.29, 0.717) is 12.1 Å². The van der Waals surface area contributed by atoms with Crippen molar-refractivity contribution in [2.45, 2.75) is 45.9 Å². The molecule has 2 N–H and O–H groups in total. The molecule has 7 heteroatoms. The predicted molar refractivity (Wildman–Crippen MR) is 128 cm³/mol. The number of carbonyl (C=O) groups is 3. The smallest absolute Gasteiger partial charge is 0.408 e. The summed E-state index contributed by atoms with van der Waals surface area (Å²) in [4.78, 5) is 39.8. The van der Waals surface area contributed by atoms with E-state index in [9.17, 15) is 14.4 Å². The number of nitrogens with zero attached hydrogens (tertiary/aromatic N) is 1. The summed E-state index contributed by atoms with van der Waals surface area (Å²) in [6.45, 7) is 11.0. The van der Waals surface area contributed by atoms with Crippen molar-refractivity contribution in [1.29, 1.82) is 0 Å². The van der Waals surface area contributed by atoms with Crippen LogP contribution < -0.4 is 10.6 Å². The van der Waals surface area contributed by atoms with E-state index in [2.05, 4.69) is 17.2 Å². The lowest BCUT2D eigenvalue weighted by atomic mass is 10.0. The third-order valence-corrected chi connectivity index (χ3v) is 4.69. The quantitative estimate of drug-likeness (QED) is 0.566. The molecule has 0 aliphatic rings. The minimum atomic E-state index is -0.889. The van der Waals surface area contributed by atoms with Gasteiger partial charge >= 0.3 is 6.09 Å². The van der Waals surface area contributed by atoms with Crippen molar-refractivity contribution in [2.24, 2.45) is 0 Å². The van der Waals surface area contributed by atoms with Crippen LogP contribution >= 0.6 is 0 Å². The van der Waals surface area contributed by atoms with Crippen LogP contribution in [-0.4, -0.2) is 41.5 Å². The first-order chi connectivity index (χ1) is 15.6. The number of rotatable bonds is 9. The van der Waals surface area contributed by atoms with Crippen LogP contribution in [0.5, 0.6) is 0 Å². The number of ether oxygens (including phenoxy) is 1. The summed E-state index contributed by atoms with van der Waals surface area (Å²) < 4.78 is 5.20. The maximum Gasteiger partial charge on any atom is 0.408 e. The van der Waals surface area contributed by atoms with Gasteiger partial charge in [0.05, 0.1) is 0 Å². The average molecular weight is 452 g/mol. The fraction of sp³-hybridized carbons (Fsp3) is 0.346. The highest BCUT2D eigenvalue weighted by molar-refractivity contribution is 5.90. The molecule has 0 saturated heterocycles. The van der Waals surface area contributed by atoms with Gasteiger partial charge in [-0.05, 0) is 38.8 Å². The van der Waals surface area contributed by atoms with Gasteiger partial charge in [-0.15, -0.1) is 6.58 Å². The van der Waals surface area contributed by atoms with Crippen LogP contribution in [0.15, 0.2) is 67.3 Å². The fourth-order valence-electron chi connectivity index (χ4n) is 3.16. The van der Waals surface area contributed by atoms with Gasteiger partial charge in [0.2, 0.25) is 11.8 Å². The maximum absolute atomic E-state index is 13.3. The van der Waals surface area contributed by atoms with E-state index in [4.69, 9.17) is 4.74 Å². The molecule has 33 heavy (non-hydrogen) atoms. The number of hydrogen-bond donors (Lipinski definition) is 2. The second-order valence-electron chi connectivity index (χ2n) is 8.71. The SMILES string of the molecule is C=CCN(C(=O)CNC(=O)OC(C)(C)C)C(C(=O)NCc1ccccc1)c1ccc(C)cc1. The standard InChI is InChI=1S/C26H33N3O4/c1-6-16-29(22(30)18-28-25(32)33-26(3,4)5)23(21-14-12-19(2)13-15-21)24(31)27-17-20-10-8-7-9-11-20/h6-15,23H,1,16-18H2,2-5H3,(H,27,31)(H,28,32). The van der Waals surface area contributed by atoms with Gasteiger partial charge in [-0.3, -0.25) is 9.59 Å². The molecule has 176 valence electrons. The van der Waals surface area contributed by atoms with E-state index >= 15 is 0 Å². The summed E-state index contributed by atoms with van der Waals surface area (Å²) in [7, 11) is 0. The molecular weight excluding hydrogens is 418 g/mol. The molecule has 0 heterocycles. The fourth-order valence-corrected chi connectivity index (χ4v) is 3.16. The molecule has 0 aliphatic carbocycles. The van der Waals surface area contributed by atoms with Gasteiger partial charge in [-0.25, -0.2) is 4.79 Å². The van der Waals surface area contributed by atoms with Crippen molar-refractivity contribution in [3.63, 3.8) is 0 Å². The summed E-state index contributed by atoms with van der Waals surface area (Å²) >= 11 is 0. The highest BCUT2D eigenvalue weighted by Crippen LogP contribution is 2.22. The monoisotopic (exact) mass is 451 g/mol. The molecule has 2 aromatic carbocycles. The molecule has 1 atom stereocenters. The van der Waals surface area contributed by atoms with Crippen molar-refractivity contribution in [3.8, 4) is 0 Å². The molecule has 2 aromatic rings. The van der Waals surface area contributed by atoms with Gasteiger partial charge < -0.3 is 20.3 Å². The van der Waals surface area contributed by atoms with Gasteiger partial charge in [-0.1, -0.05) is 66.2 Å². The van der Waals surface area contributed by atoms with E-state index < -0.39 is 23.6 Å². The molecular formula is C26H33N3O4. The largest absolute Gasteiger partial charge is 0.444 e. The van der Waals surface area contributed by atoms with E-state index in [0.717, 1.165) is 11.1 Å². The number of amides is 3. The Hall–Kier alpha value is -3.61. The van der Waals surface area contributed by atoms with E-state index in [1.54, 1.807) is 26.8 Å². The van der Waals surface area contributed by atoms with Crippen molar-refractivity contribution in [2.75, 3.05) is 13.1 Å². The lowest BCUT2D eigenvalue weighted by Crippen LogP contribution is -2.47. The molecule has 0 aromatic heterocycles. The molecule has 0 saturated carbocycles. The van der Waals surface area contributed by atoms with Crippen molar-refractivity contribution < 1.29 is 19.1 Å². The number of carbonyl (C=O) groups excluding carboxylic acids is 3. The Bertz CT molecular complexity index is 950. The zero-order chi connectivity index (χ0) is 24.4. The van der Waals surface area contributed by atoms with Crippen LogP contribution in [-0.2, 0) is 20.9 Å². The molecule has 0 aliphatic heterocycles. The third-order valence-electron chi connectivity index (χ3n) is 4.69. The van der Waals surface area contributed by atoms with Crippen LogP contribution in [0, 0.1) is 6.92 Å². The highest BCUT2D eigenvalue weighted by atomic mass is 16.6. The van der Waals surface area contributed by atoms with Gasteiger partial charge in [0.1, 0.15) is 18.2 Å². The van der Waals surface area contributed by atoms with Gasteiger partial charge in [0.15, 0.2) is 0 Å². The summed E-state index contributed by atoms with van der Waals surface area (Å²) in [5, 5.41) is 5.39. The predicted octanol–water partition coefficient (Wildman–Crippen LogP) is 3.89. The molecule has 0 bridgehead atoms. The van der Waals surface area contributed by atoms with Gasteiger partial charge in [0, 0.05) is 13.1 Å². The van der Waals surface area contributed by atoms with Crippen LogP contribution in [0.1, 0.15) is 43.5 Å². The number of nitrogens with one attached hydrogen (secondary N) is 2. The van der Waals surface area contributed by atoms with Crippen molar-refractivity contribution in [3.05, 3.63) is 83.9 Å². The average Bonchev–Trinajstić information content (AvgIpc) is 2.76. The van der Waals surface area contributed by atoms with Crippen LogP contribution in [0.25, 0.3) is 0 Å². The second kappa shape index (κ2) is 11.9.